The highest BCUT2D eigenvalue weighted by atomic mass is 32.2. The maximum atomic E-state index is 12.6. The normalized spacial score (nSPS) is 11.9. The minimum Gasteiger partial charge on any atom is -0.334 e. The lowest BCUT2D eigenvalue weighted by molar-refractivity contribution is -0.144. The van der Waals surface area contributed by atoms with Crippen LogP contribution < -0.4 is 0 Å². The van der Waals surface area contributed by atoms with E-state index in [4.69, 9.17) is 0 Å². The first-order valence-corrected chi connectivity index (χ1v) is 6.36. The molecule has 1 aromatic carbocycles. The summed E-state index contributed by atoms with van der Waals surface area (Å²) in [7, 11) is 0. The van der Waals surface area contributed by atoms with Crippen LogP contribution >= 0.6 is 11.8 Å². The van der Waals surface area contributed by atoms with Gasteiger partial charge in [0.25, 0.3) is 0 Å². The lowest BCUT2D eigenvalue weighted by atomic mass is 10.3. The van der Waals surface area contributed by atoms with Gasteiger partial charge < -0.3 is 4.98 Å². The van der Waals surface area contributed by atoms with Crippen molar-refractivity contribution in [2.24, 2.45) is 0 Å². The summed E-state index contributed by atoms with van der Waals surface area (Å²) in [5.74, 6) is -0.995. The minimum absolute atomic E-state index is 0.274. The van der Waals surface area contributed by atoms with Crippen molar-refractivity contribution >= 4 is 22.8 Å². The van der Waals surface area contributed by atoms with Crippen molar-refractivity contribution in [3.63, 3.8) is 0 Å². The SMILES string of the molecule is FC(F)(F)c1nc2ccc(Sc3ncccn3)cc2[nH]1. The maximum absolute atomic E-state index is 12.6. The molecule has 0 amide bonds. The molecule has 0 radical (unpaired) electrons. The molecular formula is C12H7F3N4S. The highest BCUT2D eigenvalue weighted by Crippen LogP contribution is 2.31. The fourth-order valence-corrected chi connectivity index (χ4v) is 2.38. The second-order valence-electron chi connectivity index (χ2n) is 3.90. The van der Waals surface area contributed by atoms with Gasteiger partial charge in [0.05, 0.1) is 11.0 Å². The third-order valence-electron chi connectivity index (χ3n) is 2.47. The number of fused-ring (bicyclic) bond motifs is 1. The second kappa shape index (κ2) is 4.78. The standard InChI is InChI=1S/C12H7F3N4S/c13-12(14,15)10-18-8-3-2-7(6-9(8)19-10)20-11-16-4-1-5-17-11/h1-6H,(H,18,19). The third kappa shape index (κ3) is 2.60. The molecule has 2 heterocycles. The van der Waals surface area contributed by atoms with Gasteiger partial charge in [0.15, 0.2) is 5.16 Å². The number of aromatic amines is 1. The lowest BCUT2D eigenvalue weighted by Crippen LogP contribution is -2.06. The van der Waals surface area contributed by atoms with E-state index in [0.29, 0.717) is 10.7 Å². The lowest BCUT2D eigenvalue weighted by Gasteiger charge is -1.99. The van der Waals surface area contributed by atoms with Gasteiger partial charge in [-0.1, -0.05) is 0 Å². The molecule has 0 saturated carbocycles. The number of benzene rings is 1. The minimum atomic E-state index is -4.48. The summed E-state index contributed by atoms with van der Waals surface area (Å²) in [6.07, 6.45) is -1.27. The van der Waals surface area contributed by atoms with E-state index in [1.807, 2.05) is 0 Å². The third-order valence-corrected chi connectivity index (χ3v) is 3.36. The van der Waals surface area contributed by atoms with E-state index in [-0.39, 0.29) is 5.52 Å². The number of H-pyrrole nitrogens is 1. The monoisotopic (exact) mass is 296 g/mol. The Morgan fingerprint density at radius 2 is 1.85 bits per heavy atom. The predicted molar refractivity (Wildman–Crippen MR) is 67.3 cm³/mol. The molecule has 0 unspecified atom stereocenters. The Balaban J connectivity index is 1.95. The van der Waals surface area contributed by atoms with Gasteiger partial charge in [-0.25, -0.2) is 15.0 Å². The van der Waals surface area contributed by atoms with E-state index >= 15 is 0 Å². The number of aromatic nitrogens is 4. The van der Waals surface area contributed by atoms with Crippen LogP contribution in [0.1, 0.15) is 5.82 Å². The molecule has 0 saturated heterocycles. The van der Waals surface area contributed by atoms with Crippen LogP contribution in [0.4, 0.5) is 13.2 Å². The van der Waals surface area contributed by atoms with Gasteiger partial charge >= 0.3 is 6.18 Å². The van der Waals surface area contributed by atoms with Crippen molar-refractivity contribution in [3.8, 4) is 0 Å². The smallest absolute Gasteiger partial charge is 0.334 e. The first kappa shape index (κ1) is 12.9. The Hall–Kier alpha value is -2.09. The van der Waals surface area contributed by atoms with Gasteiger partial charge in [-0.15, -0.1) is 0 Å². The molecule has 102 valence electrons. The Morgan fingerprint density at radius 3 is 2.55 bits per heavy atom. The van der Waals surface area contributed by atoms with Crippen LogP contribution in [0.5, 0.6) is 0 Å². The Morgan fingerprint density at radius 1 is 1.10 bits per heavy atom. The number of nitrogens with one attached hydrogen (secondary N) is 1. The molecule has 4 nitrogen and oxygen atoms in total. The molecule has 1 N–H and O–H groups in total. The van der Waals surface area contributed by atoms with Crippen LogP contribution in [-0.4, -0.2) is 19.9 Å². The van der Waals surface area contributed by atoms with E-state index in [2.05, 4.69) is 19.9 Å². The summed E-state index contributed by atoms with van der Waals surface area (Å²) in [6.45, 7) is 0. The average Bonchev–Trinajstić information content (AvgIpc) is 2.83. The van der Waals surface area contributed by atoms with E-state index in [9.17, 15) is 13.2 Å². The van der Waals surface area contributed by atoms with E-state index in [0.717, 1.165) is 4.90 Å². The molecule has 0 fully saturated rings. The Labute approximate surface area is 115 Å². The first-order chi connectivity index (χ1) is 9.52. The highest BCUT2D eigenvalue weighted by molar-refractivity contribution is 7.99. The van der Waals surface area contributed by atoms with Crippen LogP contribution in [-0.2, 0) is 6.18 Å². The zero-order valence-electron chi connectivity index (χ0n) is 9.85. The van der Waals surface area contributed by atoms with Gasteiger partial charge in [-0.2, -0.15) is 13.2 Å². The maximum Gasteiger partial charge on any atom is 0.449 e. The summed E-state index contributed by atoms with van der Waals surface area (Å²) < 4.78 is 37.7. The zero-order chi connectivity index (χ0) is 14.2. The van der Waals surface area contributed by atoms with Gasteiger partial charge in [-0.05, 0) is 36.0 Å². The number of alkyl halides is 3. The van der Waals surface area contributed by atoms with Crippen molar-refractivity contribution in [3.05, 3.63) is 42.5 Å². The number of hydrogen-bond donors (Lipinski definition) is 1. The molecule has 0 spiro atoms. The van der Waals surface area contributed by atoms with Crippen LogP contribution in [0, 0.1) is 0 Å². The summed E-state index contributed by atoms with van der Waals surface area (Å²) >= 11 is 1.27. The largest absolute Gasteiger partial charge is 0.449 e. The van der Waals surface area contributed by atoms with Crippen LogP contribution in [0.25, 0.3) is 11.0 Å². The molecule has 3 aromatic rings. The number of nitrogens with zero attached hydrogens (tertiary/aromatic N) is 3. The van der Waals surface area contributed by atoms with Crippen molar-refractivity contribution in [2.75, 3.05) is 0 Å². The fraction of sp³-hybridized carbons (Fsp3) is 0.0833. The zero-order valence-corrected chi connectivity index (χ0v) is 10.7. The molecule has 0 aliphatic heterocycles. The van der Waals surface area contributed by atoms with Crippen LogP contribution in [0.2, 0.25) is 0 Å². The molecule has 8 heteroatoms. The summed E-state index contributed by atoms with van der Waals surface area (Å²) in [6, 6.07) is 6.51. The Kier molecular flexibility index (Phi) is 3.09. The van der Waals surface area contributed by atoms with Gasteiger partial charge in [0.2, 0.25) is 5.82 Å². The molecule has 3 rings (SSSR count). The van der Waals surface area contributed by atoms with E-state index < -0.39 is 12.0 Å². The number of halogens is 3. The topological polar surface area (TPSA) is 54.5 Å². The van der Waals surface area contributed by atoms with Crippen molar-refractivity contribution in [1.82, 2.24) is 19.9 Å². The summed E-state index contributed by atoms with van der Waals surface area (Å²) in [5, 5.41) is 0.530. The molecule has 2 aromatic heterocycles. The van der Waals surface area contributed by atoms with Gasteiger partial charge in [-0.3, -0.25) is 0 Å². The molecule has 0 bridgehead atoms. The number of rotatable bonds is 2. The van der Waals surface area contributed by atoms with E-state index in [1.54, 1.807) is 30.6 Å². The van der Waals surface area contributed by atoms with E-state index in [1.165, 1.54) is 17.8 Å². The molecule has 0 aliphatic carbocycles. The fourth-order valence-electron chi connectivity index (χ4n) is 1.63. The first-order valence-electron chi connectivity index (χ1n) is 5.54. The quantitative estimate of drug-likeness (QED) is 0.735. The number of hydrogen-bond acceptors (Lipinski definition) is 4. The molecule has 20 heavy (non-hydrogen) atoms. The predicted octanol–water partition coefficient (Wildman–Crippen LogP) is 3.52. The summed E-state index contributed by atoms with van der Waals surface area (Å²) in [5.41, 5.74) is 0.605. The second-order valence-corrected chi connectivity index (χ2v) is 4.94. The van der Waals surface area contributed by atoms with Crippen molar-refractivity contribution in [1.29, 1.82) is 0 Å². The van der Waals surface area contributed by atoms with Crippen LogP contribution in [0.15, 0.2) is 46.7 Å². The molecule has 0 aliphatic rings. The summed E-state index contributed by atoms with van der Waals surface area (Å²) in [4.78, 5) is 14.6. The highest BCUT2D eigenvalue weighted by Gasteiger charge is 2.34. The van der Waals surface area contributed by atoms with Crippen LogP contribution in [0.3, 0.4) is 0 Å². The van der Waals surface area contributed by atoms with Gasteiger partial charge in [0.1, 0.15) is 0 Å². The van der Waals surface area contributed by atoms with Gasteiger partial charge in [0, 0.05) is 17.3 Å². The van der Waals surface area contributed by atoms with Crippen molar-refractivity contribution in [2.45, 2.75) is 16.2 Å². The molecule has 0 atom stereocenters. The number of imidazole rings is 1. The molecular weight excluding hydrogens is 289 g/mol. The van der Waals surface area contributed by atoms with Crippen molar-refractivity contribution < 1.29 is 13.2 Å². The average molecular weight is 296 g/mol. The Bertz CT molecular complexity index is 739.